The van der Waals surface area contributed by atoms with Crippen molar-refractivity contribution in [1.82, 2.24) is 0 Å². The second-order valence-corrected chi connectivity index (χ2v) is 6.93. The predicted molar refractivity (Wildman–Crippen MR) is 84.2 cm³/mol. The van der Waals surface area contributed by atoms with Crippen molar-refractivity contribution in [3.63, 3.8) is 0 Å². The van der Waals surface area contributed by atoms with Gasteiger partial charge in [-0.2, -0.15) is 0 Å². The third-order valence-corrected chi connectivity index (χ3v) is 4.53. The van der Waals surface area contributed by atoms with Gasteiger partial charge in [0.2, 0.25) is 0 Å². The summed E-state index contributed by atoms with van der Waals surface area (Å²) in [4.78, 5) is 12.2. The molecule has 1 fully saturated rings. The molecule has 0 N–H and O–H groups in total. The molecule has 0 unspecified atom stereocenters. The van der Waals surface area contributed by atoms with Crippen molar-refractivity contribution in [2.75, 3.05) is 0 Å². The van der Waals surface area contributed by atoms with E-state index < -0.39 is 52.9 Å². The minimum atomic E-state index is -1.68. The fourth-order valence-corrected chi connectivity index (χ4v) is 2.96. The monoisotopic (exact) mass is 354 g/mol. The van der Waals surface area contributed by atoms with Crippen molar-refractivity contribution in [3.8, 4) is 12.3 Å². The third-order valence-electron chi connectivity index (χ3n) is 4.53. The van der Waals surface area contributed by atoms with E-state index in [-0.39, 0.29) is 11.3 Å². The number of rotatable bonds is 4. The zero-order chi connectivity index (χ0) is 19.1. The van der Waals surface area contributed by atoms with E-state index in [0.29, 0.717) is 0 Å². The largest absolute Gasteiger partial charge is 0.460 e. The smallest absolute Gasteiger partial charge is 0.310 e. The first kappa shape index (κ1) is 19.0. The van der Waals surface area contributed by atoms with Crippen LogP contribution in [0.1, 0.15) is 38.8 Å². The van der Waals surface area contributed by atoms with Gasteiger partial charge in [0.15, 0.2) is 23.3 Å². The minimum absolute atomic E-state index is 0.0583. The molecule has 1 saturated carbocycles. The molecular weight excluding hydrogens is 336 g/mol. The zero-order valence-corrected chi connectivity index (χ0v) is 14.3. The van der Waals surface area contributed by atoms with Crippen LogP contribution in [0.4, 0.5) is 17.6 Å². The summed E-state index contributed by atoms with van der Waals surface area (Å²) in [7, 11) is 0. The maximum absolute atomic E-state index is 13.9. The lowest BCUT2D eigenvalue weighted by atomic mass is 10.1. The Morgan fingerprint density at radius 3 is 2.12 bits per heavy atom. The van der Waals surface area contributed by atoms with Crippen LogP contribution in [-0.4, -0.2) is 5.97 Å². The lowest BCUT2D eigenvalue weighted by Crippen LogP contribution is -2.14. The van der Waals surface area contributed by atoms with Crippen LogP contribution in [0.3, 0.4) is 0 Å². The summed E-state index contributed by atoms with van der Waals surface area (Å²) < 4.78 is 60.0. The molecule has 134 valence electrons. The van der Waals surface area contributed by atoms with Crippen LogP contribution in [0, 0.1) is 52.9 Å². The topological polar surface area (TPSA) is 26.3 Å². The molecule has 25 heavy (non-hydrogen) atoms. The average molecular weight is 354 g/mol. The van der Waals surface area contributed by atoms with Crippen molar-refractivity contribution in [2.45, 2.75) is 34.3 Å². The van der Waals surface area contributed by atoms with Crippen molar-refractivity contribution in [1.29, 1.82) is 0 Å². The first-order chi connectivity index (χ1) is 11.5. The molecule has 0 bridgehead atoms. The highest BCUT2D eigenvalue weighted by molar-refractivity contribution is 5.78. The molecule has 0 aromatic heterocycles. The Morgan fingerprint density at radius 1 is 1.16 bits per heavy atom. The van der Waals surface area contributed by atoms with Gasteiger partial charge < -0.3 is 4.74 Å². The fraction of sp³-hybridized carbons (Fsp3) is 0.421. The second-order valence-electron chi connectivity index (χ2n) is 6.93. The standard InChI is InChI=1S/C19H18F4O2/c1-6-10-14(20)16(22)11(17(23)15(10)21)8-25-18(24)13-12(7-9(2)3)19(13,4)5/h1,7,12-13H,8H2,2-5H3/t12-,13+/m1/s1. The van der Waals surface area contributed by atoms with Crippen LogP contribution < -0.4 is 0 Å². The van der Waals surface area contributed by atoms with Crippen LogP contribution in [0.15, 0.2) is 11.6 Å². The summed E-state index contributed by atoms with van der Waals surface area (Å²) in [5, 5.41) is 0. The van der Waals surface area contributed by atoms with Gasteiger partial charge in [-0.3, -0.25) is 4.79 Å². The molecule has 0 heterocycles. The number of allylic oxidation sites excluding steroid dienone is 2. The van der Waals surface area contributed by atoms with Gasteiger partial charge in [0.25, 0.3) is 0 Å². The highest BCUT2D eigenvalue weighted by Gasteiger charge is 2.61. The number of hydrogen-bond acceptors (Lipinski definition) is 2. The van der Waals surface area contributed by atoms with Gasteiger partial charge in [0, 0.05) is 0 Å². The molecule has 0 amide bonds. The molecule has 0 aliphatic heterocycles. The van der Waals surface area contributed by atoms with Crippen molar-refractivity contribution >= 4 is 5.97 Å². The number of hydrogen-bond donors (Lipinski definition) is 0. The van der Waals surface area contributed by atoms with Crippen molar-refractivity contribution < 1.29 is 27.1 Å². The summed E-state index contributed by atoms with van der Waals surface area (Å²) in [5.41, 5.74) is -1.45. The Morgan fingerprint density at radius 2 is 1.68 bits per heavy atom. The fourth-order valence-electron chi connectivity index (χ4n) is 2.96. The van der Waals surface area contributed by atoms with E-state index in [9.17, 15) is 22.4 Å². The molecule has 2 rings (SSSR count). The van der Waals surface area contributed by atoms with E-state index in [0.717, 1.165) is 5.57 Å². The molecular formula is C19H18F4O2. The van der Waals surface area contributed by atoms with Gasteiger partial charge in [-0.25, -0.2) is 17.6 Å². The molecule has 2 nitrogen and oxygen atoms in total. The Bertz CT molecular complexity index is 770. The van der Waals surface area contributed by atoms with Gasteiger partial charge in [0.05, 0.1) is 11.5 Å². The third kappa shape index (κ3) is 3.28. The van der Waals surface area contributed by atoms with Gasteiger partial charge >= 0.3 is 5.97 Å². The molecule has 1 aromatic carbocycles. The summed E-state index contributed by atoms with van der Waals surface area (Å²) >= 11 is 0. The molecule has 2 atom stereocenters. The molecule has 1 aliphatic carbocycles. The highest BCUT2D eigenvalue weighted by Crippen LogP contribution is 2.59. The van der Waals surface area contributed by atoms with Gasteiger partial charge in [-0.1, -0.05) is 31.4 Å². The van der Waals surface area contributed by atoms with Crippen LogP contribution in [0.2, 0.25) is 0 Å². The molecule has 0 radical (unpaired) electrons. The Labute approximate surface area is 143 Å². The molecule has 1 aromatic rings. The SMILES string of the molecule is C#Cc1c(F)c(F)c(COC(=O)[C@@H]2[C@@H](C=C(C)C)C2(C)C)c(F)c1F. The van der Waals surface area contributed by atoms with E-state index in [2.05, 4.69) is 0 Å². The second kappa shape index (κ2) is 6.55. The van der Waals surface area contributed by atoms with E-state index >= 15 is 0 Å². The molecule has 6 heteroatoms. The number of benzene rings is 1. The number of halogens is 4. The van der Waals surface area contributed by atoms with Gasteiger partial charge in [-0.15, -0.1) is 6.42 Å². The van der Waals surface area contributed by atoms with Gasteiger partial charge in [-0.05, 0) is 25.2 Å². The lowest BCUT2D eigenvalue weighted by Gasteiger charge is -2.10. The van der Waals surface area contributed by atoms with E-state index in [1.807, 2.05) is 33.8 Å². The van der Waals surface area contributed by atoms with E-state index in [1.54, 1.807) is 5.92 Å². The van der Waals surface area contributed by atoms with Gasteiger partial charge in [0.1, 0.15) is 12.2 Å². The zero-order valence-electron chi connectivity index (χ0n) is 14.3. The molecule has 1 aliphatic rings. The van der Waals surface area contributed by atoms with Crippen LogP contribution in [0.25, 0.3) is 0 Å². The number of carbonyl (C=O) groups excluding carboxylic acids is 1. The Kier molecular flexibility index (Phi) is 4.99. The number of carbonyl (C=O) groups is 1. The quantitative estimate of drug-likeness (QED) is 0.262. The number of esters is 1. The average Bonchev–Trinajstić information content (AvgIpc) is 3.05. The van der Waals surface area contributed by atoms with Crippen LogP contribution in [-0.2, 0) is 16.1 Å². The maximum Gasteiger partial charge on any atom is 0.310 e. The first-order valence-corrected chi connectivity index (χ1v) is 7.67. The van der Waals surface area contributed by atoms with E-state index in [1.165, 1.54) is 0 Å². The highest BCUT2D eigenvalue weighted by atomic mass is 19.2. The summed E-state index contributed by atoms with van der Waals surface area (Å²) in [6.45, 7) is 6.60. The Hall–Kier alpha value is -2.29. The number of ether oxygens (including phenoxy) is 1. The lowest BCUT2D eigenvalue weighted by molar-refractivity contribution is -0.147. The number of terminal acetylenes is 1. The first-order valence-electron chi connectivity index (χ1n) is 7.67. The van der Waals surface area contributed by atoms with Crippen molar-refractivity contribution in [3.05, 3.63) is 46.0 Å². The maximum atomic E-state index is 13.9. The minimum Gasteiger partial charge on any atom is -0.460 e. The van der Waals surface area contributed by atoms with Crippen LogP contribution in [0.5, 0.6) is 0 Å². The predicted octanol–water partition coefficient (Wildman–Crippen LogP) is 4.51. The normalized spacial score (nSPS) is 20.6. The summed E-state index contributed by atoms with van der Waals surface area (Å²) in [5.74, 6) is -6.33. The van der Waals surface area contributed by atoms with Crippen molar-refractivity contribution in [2.24, 2.45) is 17.3 Å². The molecule has 0 saturated heterocycles. The Balaban J connectivity index is 2.20. The van der Waals surface area contributed by atoms with Crippen LogP contribution >= 0.6 is 0 Å². The summed E-state index contributed by atoms with van der Waals surface area (Å²) in [6.07, 6.45) is 6.76. The van der Waals surface area contributed by atoms with E-state index in [4.69, 9.17) is 11.2 Å². The molecule has 0 spiro atoms. The summed E-state index contributed by atoms with van der Waals surface area (Å²) in [6, 6.07) is 0.